The summed E-state index contributed by atoms with van der Waals surface area (Å²) in [4.78, 5) is 21.5. The fourth-order valence-electron chi connectivity index (χ4n) is 4.72. The van der Waals surface area contributed by atoms with Gasteiger partial charge in [0.2, 0.25) is 11.8 Å². The second-order valence-electron chi connectivity index (χ2n) is 7.94. The number of carbonyl (C=O) groups is 1. The number of rotatable bonds is 5. The molecule has 2 unspecified atom stereocenters. The fourth-order valence-corrected chi connectivity index (χ4v) is 4.72. The van der Waals surface area contributed by atoms with Gasteiger partial charge in [0.05, 0.1) is 11.5 Å². The molecule has 2 saturated heterocycles. The van der Waals surface area contributed by atoms with Crippen molar-refractivity contribution in [1.29, 1.82) is 0 Å². The Balaban J connectivity index is 1.41. The van der Waals surface area contributed by atoms with E-state index in [2.05, 4.69) is 22.0 Å². The Morgan fingerprint density at radius 2 is 2.12 bits per heavy atom. The van der Waals surface area contributed by atoms with Gasteiger partial charge in [-0.1, -0.05) is 24.9 Å². The average molecular weight is 347 g/mol. The van der Waals surface area contributed by atoms with Gasteiger partial charge in [-0.05, 0) is 38.8 Å². The van der Waals surface area contributed by atoms with Gasteiger partial charge in [-0.2, -0.15) is 4.98 Å². The van der Waals surface area contributed by atoms with Crippen LogP contribution in [0, 0.1) is 0 Å². The number of aromatic nitrogens is 2. The van der Waals surface area contributed by atoms with Gasteiger partial charge in [-0.15, -0.1) is 0 Å². The van der Waals surface area contributed by atoms with Crippen molar-refractivity contribution in [2.45, 2.75) is 69.4 Å². The zero-order valence-corrected chi connectivity index (χ0v) is 15.1. The first-order chi connectivity index (χ1) is 12.1. The third-order valence-corrected chi connectivity index (χ3v) is 6.28. The topological polar surface area (TPSA) is 88.5 Å². The fraction of sp³-hybridized carbons (Fsp3) is 0.833. The van der Waals surface area contributed by atoms with Crippen LogP contribution in [0.1, 0.15) is 69.5 Å². The standard InChI is InChI=1S/C18H29N5O2/c1-2-22-9-5-6-14(22)12-23-11-13(10-15(23)24)16-20-17(21-25-16)18(19)7-3-4-8-18/h13-14H,2-12,19H2,1H3. The molecule has 0 radical (unpaired) electrons. The first kappa shape index (κ1) is 17.0. The minimum atomic E-state index is -0.435. The number of nitrogens with zero attached hydrogens (tertiary/aromatic N) is 4. The van der Waals surface area contributed by atoms with E-state index in [4.69, 9.17) is 10.3 Å². The first-order valence-corrected chi connectivity index (χ1v) is 9.74. The molecule has 2 atom stereocenters. The van der Waals surface area contributed by atoms with E-state index in [1.165, 1.54) is 12.8 Å². The normalized spacial score (nSPS) is 29.8. The Hall–Kier alpha value is -1.47. The largest absolute Gasteiger partial charge is 0.340 e. The predicted molar refractivity (Wildman–Crippen MR) is 92.8 cm³/mol. The van der Waals surface area contributed by atoms with Gasteiger partial charge in [0.1, 0.15) is 0 Å². The molecule has 7 nitrogen and oxygen atoms in total. The van der Waals surface area contributed by atoms with Crippen LogP contribution in [0.4, 0.5) is 0 Å². The van der Waals surface area contributed by atoms with Crippen molar-refractivity contribution in [3.8, 4) is 0 Å². The zero-order valence-electron chi connectivity index (χ0n) is 15.1. The maximum absolute atomic E-state index is 12.5. The molecule has 1 amide bonds. The van der Waals surface area contributed by atoms with Gasteiger partial charge < -0.3 is 15.2 Å². The van der Waals surface area contributed by atoms with E-state index in [0.717, 1.165) is 45.3 Å². The van der Waals surface area contributed by atoms with Crippen LogP contribution >= 0.6 is 0 Å². The van der Waals surface area contributed by atoms with E-state index in [0.29, 0.717) is 30.7 Å². The second-order valence-corrected chi connectivity index (χ2v) is 7.94. The highest BCUT2D eigenvalue weighted by Gasteiger charge is 2.40. The molecule has 138 valence electrons. The lowest BCUT2D eigenvalue weighted by Gasteiger charge is -2.27. The Labute approximate surface area is 148 Å². The molecule has 3 fully saturated rings. The van der Waals surface area contributed by atoms with Gasteiger partial charge in [0.15, 0.2) is 5.82 Å². The molecule has 0 bridgehead atoms. The maximum atomic E-state index is 12.5. The molecule has 0 spiro atoms. The van der Waals surface area contributed by atoms with Gasteiger partial charge in [-0.25, -0.2) is 0 Å². The van der Waals surface area contributed by atoms with E-state index in [9.17, 15) is 4.79 Å². The number of hydrogen-bond acceptors (Lipinski definition) is 6. The highest BCUT2D eigenvalue weighted by molar-refractivity contribution is 5.79. The summed E-state index contributed by atoms with van der Waals surface area (Å²) in [5.41, 5.74) is 5.98. The third kappa shape index (κ3) is 3.19. The number of amides is 1. The number of hydrogen-bond donors (Lipinski definition) is 1. The number of likely N-dealkylation sites (N-methyl/N-ethyl adjacent to an activating group) is 1. The van der Waals surface area contributed by atoms with Crippen LogP contribution < -0.4 is 5.73 Å². The van der Waals surface area contributed by atoms with Gasteiger partial charge >= 0.3 is 0 Å². The molecule has 1 aromatic rings. The van der Waals surface area contributed by atoms with Crippen molar-refractivity contribution in [2.24, 2.45) is 5.73 Å². The predicted octanol–water partition coefficient (Wildman–Crippen LogP) is 1.60. The summed E-state index contributed by atoms with van der Waals surface area (Å²) in [5.74, 6) is 1.42. The number of carbonyl (C=O) groups excluding carboxylic acids is 1. The van der Waals surface area contributed by atoms with Crippen LogP contribution in [0.3, 0.4) is 0 Å². The monoisotopic (exact) mass is 347 g/mol. The molecule has 1 aromatic heterocycles. The number of nitrogens with two attached hydrogens (primary N) is 1. The molecule has 2 N–H and O–H groups in total. The molecule has 1 saturated carbocycles. The van der Waals surface area contributed by atoms with Crippen LogP contribution in [0.15, 0.2) is 4.52 Å². The number of likely N-dealkylation sites (tertiary alicyclic amines) is 2. The van der Waals surface area contributed by atoms with Crippen molar-refractivity contribution >= 4 is 5.91 Å². The first-order valence-electron chi connectivity index (χ1n) is 9.74. The SMILES string of the molecule is CCN1CCCC1CN1CC(c2nc(C3(N)CCCC3)no2)CC1=O. The Kier molecular flexibility index (Phi) is 4.54. The van der Waals surface area contributed by atoms with Crippen LogP contribution in [0.25, 0.3) is 0 Å². The van der Waals surface area contributed by atoms with Gasteiger partial charge in [0, 0.05) is 25.6 Å². The molecule has 7 heteroatoms. The summed E-state index contributed by atoms with van der Waals surface area (Å²) in [5, 5.41) is 4.14. The minimum Gasteiger partial charge on any atom is -0.340 e. The van der Waals surface area contributed by atoms with E-state index in [-0.39, 0.29) is 11.8 Å². The van der Waals surface area contributed by atoms with Crippen LogP contribution in [0.5, 0.6) is 0 Å². The van der Waals surface area contributed by atoms with Crippen molar-refractivity contribution in [3.63, 3.8) is 0 Å². The summed E-state index contributed by atoms with van der Waals surface area (Å²) < 4.78 is 5.50. The van der Waals surface area contributed by atoms with Gasteiger partial charge in [-0.3, -0.25) is 9.69 Å². The molecule has 4 rings (SSSR count). The van der Waals surface area contributed by atoms with E-state index in [1.807, 2.05) is 4.90 Å². The summed E-state index contributed by atoms with van der Waals surface area (Å²) in [6.07, 6.45) is 6.94. The second kappa shape index (κ2) is 6.68. The summed E-state index contributed by atoms with van der Waals surface area (Å²) in [7, 11) is 0. The Morgan fingerprint density at radius 1 is 1.32 bits per heavy atom. The Bertz CT molecular complexity index is 625. The third-order valence-electron chi connectivity index (χ3n) is 6.28. The average Bonchev–Trinajstić information content (AvgIpc) is 3.36. The summed E-state index contributed by atoms with van der Waals surface area (Å²) in [6, 6.07) is 0.497. The van der Waals surface area contributed by atoms with E-state index < -0.39 is 5.54 Å². The lowest BCUT2D eigenvalue weighted by molar-refractivity contribution is -0.128. The summed E-state index contributed by atoms with van der Waals surface area (Å²) in [6.45, 7) is 5.91. The molecule has 1 aliphatic carbocycles. The molecule has 2 aliphatic heterocycles. The maximum Gasteiger partial charge on any atom is 0.232 e. The van der Waals surface area contributed by atoms with Crippen molar-refractivity contribution in [2.75, 3.05) is 26.2 Å². The molecular weight excluding hydrogens is 318 g/mol. The van der Waals surface area contributed by atoms with Crippen molar-refractivity contribution in [1.82, 2.24) is 19.9 Å². The van der Waals surface area contributed by atoms with Crippen molar-refractivity contribution < 1.29 is 9.32 Å². The summed E-state index contributed by atoms with van der Waals surface area (Å²) >= 11 is 0. The highest BCUT2D eigenvalue weighted by Crippen LogP contribution is 2.36. The zero-order chi connectivity index (χ0) is 17.4. The molecule has 0 aromatic carbocycles. The highest BCUT2D eigenvalue weighted by atomic mass is 16.5. The quantitative estimate of drug-likeness (QED) is 0.870. The lowest BCUT2D eigenvalue weighted by Crippen LogP contribution is -2.40. The Morgan fingerprint density at radius 3 is 2.88 bits per heavy atom. The molecule has 3 aliphatic rings. The smallest absolute Gasteiger partial charge is 0.232 e. The van der Waals surface area contributed by atoms with E-state index in [1.54, 1.807) is 0 Å². The van der Waals surface area contributed by atoms with Crippen LogP contribution in [-0.4, -0.2) is 58.1 Å². The lowest BCUT2D eigenvalue weighted by atomic mass is 9.98. The molecular formula is C18H29N5O2. The minimum absolute atomic E-state index is 0.00947. The molecule has 3 heterocycles. The van der Waals surface area contributed by atoms with Gasteiger partial charge in [0.25, 0.3) is 0 Å². The molecule has 25 heavy (non-hydrogen) atoms. The van der Waals surface area contributed by atoms with E-state index >= 15 is 0 Å². The van der Waals surface area contributed by atoms with Crippen LogP contribution in [0.2, 0.25) is 0 Å². The van der Waals surface area contributed by atoms with Crippen molar-refractivity contribution in [3.05, 3.63) is 11.7 Å². The van der Waals surface area contributed by atoms with Crippen LogP contribution in [-0.2, 0) is 10.3 Å².